The first-order chi connectivity index (χ1) is 21.3. The van der Waals surface area contributed by atoms with Crippen molar-refractivity contribution in [2.75, 3.05) is 18.9 Å². The molecule has 6 N–H and O–H groups in total. The number of aryl methyl sites for hydroxylation is 1. The van der Waals surface area contributed by atoms with E-state index in [9.17, 15) is 29.0 Å². The number of anilines is 1. The van der Waals surface area contributed by atoms with Crippen LogP contribution < -0.4 is 11.3 Å². The van der Waals surface area contributed by atoms with E-state index in [2.05, 4.69) is 29.9 Å². The van der Waals surface area contributed by atoms with Gasteiger partial charge in [0.15, 0.2) is 35.1 Å². The number of nitrogens with zero attached hydrogens (tertiary/aromatic N) is 7. The molecule has 242 valence electrons. The van der Waals surface area contributed by atoms with Crippen molar-refractivity contribution in [2.24, 2.45) is 0 Å². The van der Waals surface area contributed by atoms with Crippen LogP contribution in [0.2, 0.25) is 0 Å². The van der Waals surface area contributed by atoms with E-state index >= 15 is 0 Å². The molecule has 45 heavy (non-hydrogen) atoms. The van der Waals surface area contributed by atoms with Gasteiger partial charge in [0.25, 0.3) is 5.56 Å². The lowest BCUT2D eigenvalue weighted by Crippen LogP contribution is -2.36. The number of aliphatic hydroxyl groups excluding tert-OH is 2. The molecule has 0 radical (unpaired) electrons. The number of imidazole rings is 2. The van der Waals surface area contributed by atoms with E-state index in [1.54, 1.807) is 6.92 Å². The van der Waals surface area contributed by atoms with Crippen molar-refractivity contribution >= 4 is 51.0 Å². The van der Waals surface area contributed by atoms with Crippen LogP contribution in [-0.2, 0) is 36.7 Å². The lowest BCUT2D eigenvalue weighted by molar-refractivity contribution is -0.0621. The third-order valence-corrected chi connectivity index (χ3v) is 9.08. The molecule has 4 unspecified atom stereocenters. The number of nitrogens with two attached hydrogens (primary N) is 1. The average Bonchev–Trinajstić information content (AvgIpc) is 3.72. The summed E-state index contributed by atoms with van der Waals surface area (Å²) in [7, 11) is -10.1. The first-order valence-electron chi connectivity index (χ1n) is 13.0. The first-order valence-corrected chi connectivity index (χ1v) is 15.6. The van der Waals surface area contributed by atoms with Gasteiger partial charge >= 0.3 is 7.82 Å². The molecule has 3 aliphatic rings. The highest BCUT2D eigenvalue weighted by Crippen LogP contribution is 2.53. The normalized spacial score (nSPS) is 37.7. The molecule has 4 aromatic heterocycles. The minimum atomic E-state index is -4.97. The van der Waals surface area contributed by atoms with E-state index in [0.717, 1.165) is 0 Å². The monoisotopic (exact) mass is 670 g/mol. The minimum absolute atomic E-state index is 0.0186. The fourth-order valence-corrected chi connectivity index (χ4v) is 7.02. The van der Waals surface area contributed by atoms with Gasteiger partial charge in [0, 0.05) is 0 Å². The second kappa shape index (κ2) is 11.0. The van der Waals surface area contributed by atoms with Crippen molar-refractivity contribution < 1.29 is 51.8 Å². The van der Waals surface area contributed by atoms with Crippen LogP contribution in [0.15, 0.2) is 23.8 Å². The molecule has 24 heteroatoms. The summed E-state index contributed by atoms with van der Waals surface area (Å²) in [5.74, 6) is 0.359. The zero-order chi connectivity index (χ0) is 31.8. The van der Waals surface area contributed by atoms with Gasteiger partial charge < -0.3 is 48.9 Å². The van der Waals surface area contributed by atoms with Crippen molar-refractivity contribution in [3.63, 3.8) is 0 Å². The topological polar surface area (TPSA) is 283 Å². The number of nitrogens with one attached hydrogen (secondary N) is 1. The van der Waals surface area contributed by atoms with Gasteiger partial charge in [-0.05, 0) is 6.92 Å². The fraction of sp³-hybridized carbons (Fsp3) is 0.524. The maximum atomic E-state index is 13.8. The van der Waals surface area contributed by atoms with E-state index in [0.29, 0.717) is 0 Å². The first kappa shape index (κ1) is 30.5. The summed E-state index contributed by atoms with van der Waals surface area (Å²) in [5, 5.41) is 22.4. The van der Waals surface area contributed by atoms with Gasteiger partial charge in [-0.15, -0.1) is 0 Å². The molecule has 0 spiro atoms. The Hall–Kier alpha value is -3.14. The summed E-state index contributed by atoms with van der Waals surface area (Å²) in [6.07, 6.45) is -7.34. The van der Waals surface area contributed by atoms with Crippen LogP contribution in [-0.4, -0.2) is 112 Å². The molecule has 4 aromatic rings. The highest BCUT2D eigenvalue weighted by atomic mass is 31.2. The number of phosphoric acid groups is 1. The largest absolute Gasteiger partial charge is 0.472 e. The summed E-state index contributed by atoms with van der Waals surface area (Å²) in [4.78, 5) is 46.2. The molecule has 0 amide bonds. The number of hydrogen-bond donors (Lipinski definition) is 5. The third kappa shape index (κ3) is 5.41. The van der Waals surface area contributed by atoms with Crippen LogP contribution in [0, 0.1) is 6.92 Å². The highest BCUT2D eigenvalue weighted by molar-refractivity contribution is 7.79. The number of aliphatic hydroxyl groups is 2. The molecule has 10 atom stereocenters. The summed E-state index contributed by atoms with van der Waals surface area (Å²) in [5.41, 5.74) is 5.88. The quantitative estimate of drug-likeness (QED) is 0.111. The smallest absolute Gasteiger partial charge is 0.387 e. The Bertz CT molecular complexity index is 1940. The minimum Gasteiger partial charge on any atom is -0.387 e. The molecule has 3 fully saturated rings. The van der Waals surface area contributed by atoms with Crippen molar-refractivity contribution in [1.29, 1.82) is 0 Å². The number of phosphoric ester groups is 1. The Morgan fingerprint density at radius 3 is 2.40 bits per heavy atom. The lowest BCUT2D eigenvalue weighted by Gasteiger charge is -2.30. The molecule has 0 saturated carbocycles. The second-order valence-electron chi connectivity index (χ2n) is 10.1. The van der Waals surface area contributed by atoms with Gasteiger partial charge in [-0.1, -0.05) is 0 Å². The number of hydrogen-bond acceptors (Lipinski definition) is 17. The van der Waals surface area contributed by atoms with Crippen molar-refractivity contribution in [3.8, 4) is 0 Å². The summed E-state index contributed by atoms with van der Waals surface area (Å²) < 4.78 is 63.7. The highest BCUT2D eigenvalue weighted by Gasteiger charge is 2.52. The predicted octanol–water partition coefficient (Wildman–Crippen LogP) is -2.24. The van der Waals surface area contributed by atoms with Crippen LogP contribution in [0.25, 0.3) is 22.3 Å². The van der Waals surface area contributed by atoms with Crippen LogP contribution in [0.5, 0.6) is 0 Å². The Kier molecular flexibility index (Phi) is 7.45. The molecular weight excluding hydrogens is 643 g/mol. The van der Waals surface area contributed by atoms with Crippen LogP contribution in [0.1, 0.15) is 18.3 Å². The van der Waals surface area contributed by atoms with Gasteiger partial charge in [-0.25, -0.2) is 29.5 Å². The van der Waals surface area contributed by atoms with Crippen LogP contribution >= 0.6 is 15.3 Å². The van der Waals surface area contributed by atoms with Crippen molar-refractivity contribution in [1.82, 2.24) is 39.0 Å². The molecule has 7 heterocycles. The Balaban J connectivity index is 1.21. The zero-order valence-corrected chi connectivity index (χ0v) is 24.2. The van der Waals surface area contributed by atoms with Gasteiger partial charge in [-0.3, -0.25) is 23.0 Å². The number of aromatic nitrogens is 8. The standard InChI is InChI=1S/C21H27BN9O12P2/c1-7-28-18-11(19(34)29-7)27-6-31(18)21-15-12(32)8(40-21)2-39-45(36,37)43-14-9(3-38-44(22,35)42-15)41-20(13(14)33)30-5-26-10-16(23)24-4-25-17(10)30/h4-6,8-9,12-15,20-21,32-33H,2-3H2,1,22H3,(H,36,37)(H2,23,24,25)(H,28,29,34)/q-1/t8-,9-,12?,13+,14?,15+,20-,21-,44?/m1/s1. The van der Waals surface area contributed by atoms with E-state index in [4.69, 9.17) is 33.3 Å². The van der Waals surface area contributed by atoms with Crippen molar-refractivity contribution in [3.05, 3.63) is 35.2 Å². The Labute approximate surface area is 252 Å². The van der Waals surface area contributed by atoms with Crippen LogP contribution in [0.4, 0.5) is 5.82 Å². The van der Waals surface area contributed by atoms with E-state index in [-0.39, 0.29) is 34.0 Å². The van der Waals surface area contributed by atoms with Crippen molar-refractivity contribution in [2.45, 2.75) is 56.0 Å². The van der Waals surface area contributed by atoms with E-state index < -0.39 is 90.7 Å². The van der Waals surface area contributed by atoms with Gasteiger partial charge in [-0.2, -0.15) is 0 Å². The molecule has 0 aromatic carbocycles. The number of fused-ring (bicyclic) bond motifs is 5. The lowest BCUT2D eigenvalue weighted by atomic mass is 10.1. The van der Waals surface area contributed by atoms with E-state index in [1.165, 1.54) is 28.1 Å². The second-order valence-corrected chi connectivity index (χ2v) is 12.4. The number of nitrogen functional groups attached to an aromatic ring is 1. The number of aromatic amines is 1. The maximum absolute atomic E-state index is 13.8. The molecule has 7 rings (SSSR count). The molecule has 0 aliphatic carbocycles. The van der Waals surface area contributed by atoms with E-state index in [1.807, 2.05) is 0 Å². The summed E-state index contributed by atoms with van der Waals surface area (Å²) >= 11 is 0. The Morgan fingerprint density at radius 1 is 0.933 bits per heavy atom. The number of rotatable bonds is 2. The molecule has 2 bridgehead atoms. The van der Waals surface area contributed by atoms with Crippen LogP contribution in [0.3, 0.4) is 0 Å². The maximum Gasteiger partial charge on any atom is 0.472 e. The van der Waals surface area contributed by atoms with Gasteiger partial charge in [0.05, 0.1) is 33.4 Å². The molecule has 21 nitrogen and oxygen atoms in total. The zero-order valence-electron chi connectivity index (χ0n) is 22.4. The SMILES string of the molecule is [BH3-]P1(=O)OC[C@H]2O[C@@H](n3cnc4c(N)ncnc43)[C@@H](O)C2OP(=O)(O)OC[C@H]2O[C@@H](n3cnc4c(=O)[nH]c(C)nc43)[C@@H](O1)C2O. The molecule has 3 saturated heterocycles. The average molecular weight is 670 g/mol. The predicted molar refractivity (Wildman–Crippen MR) is 151 cm³/mol. The third-order valence-electron chi connectivity index (χ3n) is 7.32. The molecule has 3 aliphatic heterocycles. The molecular formula is C21H27BN9O12P2-. The fourth-order valence-electron chi connectivity index (χ4n) is 5.30. The number of ether oxygens (including phenoxy) is 2. The summed E-state index contributed by atoms with van der Waals surface area (Å²) in [6.45, 7) is 0.365. The van der Waals surface area contributed by atoms with Gasteiger partial charge in [0.1, 0.15) is 61.8 Å². The Morgan fingerprint density at radius 2 is 1.62 bits per heavy atom. The number of H-pyrrole nitrogens is 1. The van der Waals surface area contributed by atoms with Gasteiger partial charge in [0.2, 0.25) is 0 Å². The summed E-state index contributed by atoms with van der Waals surface area (Å²) in [6, 6.07) is 0.